The fraction of sp³-hybridized carbons (Fsp3) is 0.227. The number of amides is 1. The third kappa shape index (κ3) is 5.37. The number of nitrogens with one attached hydrogen (secondary N) is 2. The van der Waals surface area contributed by atoms with Crippen molar-refractivity contribution in [3.05, 3.63) is 84.4 Å². The number of carbonyl (C=O) groups is 2. The number of hydrogen-bond acceptors (Lipinski definition) is 4. The highest BCUT2D eigenvalue weighted by Crippen LogP contribution is 2.17. The first-order chi connectivity index (χ1) is 13.6. The van der Waals surface area contributed by atoms with Crippen molar-refractivity contribution < 1.29 is 9.59 Å². The van der Waals surface area contributed by atoms with Crippen molar-refractivity contribution >= 4 is 17.4 Å². The van der Waals surface area contributed by atoms with Crippen molar-refractivity contribution in [3.63, 3.8) is 0 Å². The van der Waals surface area contributed by atoms with Crippen LogP contribution in [0.25, 0.3) is 0 Å². The van der Waals surface area contributed by atoms with Crippen LogP contribution in [0.15, 0.2) is 73.3 Å². The monoisotopic (exact) mass is 376 g/mol. The van der Waals surface area contributed by atoms with E-state index in [0.717, 1.165) is 18.5 Å². The molecule has 0 saturated heterocycles. The first-order valence-electron chi connectivity index (χ1n) is 9.29. The minimum Gasteiger partial charge on any atom is -0.337 e. The van der Waals surface area contributed by atoms with Gasteiger partial charge in [0.15, 0.2) is 5.78 Å². The van der Waals surface area contributed by atoms with Gasteiger partial charge in [0, 0.05) is 30.2 Å². The molecule has 1 amide bonds. The van der Waals surface area contributed by atoms with Crippen LogP contribution < -0.4 is 10.6 Å². The highest BCUT2D eigenvalue weighted by Gasteiger charge is 2.20. The van der Waals surface area contributed by atoms with Crippen LogP contribution in [0.4, 0.5) is 5.69 Å². The lowest BCUT2D eigenvalue weighted by Crippen LogP contribution is -2.34. The predicted octanol–water partition coefficient (Wildman–Crippen LogP) is 3.45. The van der Waals surface area contributed by atoms with Crippen molar-refractivity contribution in [1.29, 1.82) is 0 Å². The van der Waals surface area contributed by atoms with E-state index in [9.17, 15) is 9.59 Å². The lowest BCUT2D eigenvalue weighted by atomic mass is 10.1. The van der Waals surface area contributed by atoms with Gasteiger partial charge >= 0.3 is 0 Å². The summed E-state index contributed by atoms with van der Waals surface area (Å²) < 4.78 is 2.01. The quantitative estimate of drug-likeness (QED) is 0.443. The Hall–Kier alpha value is -3.25. The maximum Gasteiger partial charge on any atom is 0.246 e. The number of carbonyl (C=O) groups excluding carboxylic acids is 2. The smallest absolute Gasteiger partial charge is 0.246 e. The molecule has 6 heteroatoms. The molecule has 0 unspecified atom stereocenters. The number of rotatable bonds is 9. The Bertz CT molecular complexity index is 907. The average Bonchev–Trinajstić information content (AvgIpc) is 3.22. The third-order valence-electron chi connectivity index (χ3n) is 4.43. The summed E-state index contributed by atoms with van der Waals surface area (Å²) in [5, 5.41) is 6.26. The SMILES string of the molecule is CC(=O)c1cccc(NC(=O)[C@H](NCCCn2ccnc2)c2ccccc2)c1. The van der Waals surface area contributed by atoms with Gasteiger partial charge in [-0.3, -0.25) is 9.59 Å². The van der Waals surface area contributed by atoms with Gasteiger partial charge in [0.05, 0.1) is 6.33 Å². The fourth-order valence-corrected chi connectivity index (χ4v) is 2.96. The molecule has 0 aliphatic rings. The fourth-order valence-electron chi connectivity index (χ4n) is 2.96. The van der Waals surface area contributed by atoms with Crippen LogP contribution in [-0.2, 0) is 11.3 Å². The topological polar surface area (TPSA) is 76.0 Å². The predicted molar refractivity (Wildman–Crippen MR) is 109 cm³/mol. The van der Waals surface area contributed by atoms with E-state index in [1.54, 1.807) is 36.8 Å². The minimum atomic E-state index is -0.482. The maximum absolute atomic E-state index is 12.9. The van der Waals surface area contributed by atoms with Gasteiger partial charge in [-0.2, -0.15) is 0 Å². The highest BCUT2D eigenvalue weighted by atomic mass is 16.2. The van der Waals surface area contributed by atoms with E-state index in [2.05, 4.69) is 15.6 Å². The number of aromatic nitrogens is 2. The number of hydrogen-bond donors (Lipinski definition) is 2. The van der Waals surface area contributed by atoms with Crippen LogP contribution in [0, 0.1) is 0 Å². The first kappa shape index (κ1) is 19.5. The zero-order valence-electron chi connectivity index (χ0n) is 15.8. The zero-order valence-corrected chi connectivity index (χ0v) is 15.8. The second-order valence-electron chi connectivity index (χ2n) is 6.58. The maximum atomic E-state index is 12.9. The number of imidazole rings is 1. The van der Waals surface area contributed by atoms with Crippen LogP contribution >= 0.6 is 0 Å². The van der Waals surface area contributed by atoms with E-state index in [0.29, 0.717) is 17.8 Å². The van der Waals surface area contributed by atoms with Gasteiger partial charge in [0.2, 0.25) is 5.91 Å². The van der Waals surface area contributed by atoms with Gasteiger partial charge in [0.25, 0.3) is 0 Å². The number of benzene rings is 2. The summed E-state index contributed by atoms with van der Waals surface area (Å²) in [6, 6.07) is 16.1. The average molecular weight is 376 g/mol. The number of ketones is 1. The van der Waals surface area contributed by atoms with Gasteiger partial charge in [-0.25, -0.2) is 4.98 Å². The number of aryl methyl sites for hydroxylation is 1. The molecule has 28 heavy (non-hydrogen) atoms. The van der Waals surface area contributed by atoms with Gasteiger partial charge < -0.3 is 15.2 Å². The van der Waals surface area contributed by atoms with Crippen LogP contribution in [0.2, 0.25) is 0 Å². The Morgan fingerprint density at radius 3 is 2.64 bits per heavy atom. The lowest BCUT2D eigenvalue weighted by molar-refractivity contribution is -0.118. The number of nitrogens with zero attached hydrogens (tertiary/aromatic N) is 2. The summed E-state index contributed by atoms with van der Waals surface area (Å²) in [5.74, 6) is -0.192. The van der Waals surface area contributed by atoms with Crippen molar-refractivity contribution in [2.75, 3.05) is 11.9 Å². The van der Waals surface area contributed by atoms with E-state index < -0.39 is 6.04 Å². The Morgan fingerprint density at radius 1 is 1.11 bits per heavy atom. The number of anilines is 1. The molecular formula is C22H24N4O2. The van der Waals surface area contributed by atoms with E-state index in [1.165, 1.54) is 6.92 Å². The summed E-state index contributed by atoms with van der Waals surface area (Å²) in [7, 11) is 0. The molecule has 0 aliphatic carbocycles. The summed E-state index contributed by atoms with van der Waals surface area (Å²) >= 11 is 0. The molecule has 0 bridgehead atoms. The summed E-state index contributed by atoms with van der Waals surface area (Å²) in [4.78, 5) is 28.6. The van der Waals surface area contributed by atoms with Crippen molar-refractivity contribution in [3.8, 4) is 0 Å². The molecule has 1 atom stereocenters. The van der Waals surface area contributed by atoms with Crippen LogP contribution in [0.5, 0.6) is 0 Å². The van der Waals surface area contributed by atoms with Gasteiger partial charge in [-0.15, -0.1) is 0 Å². The van der Waals surface area contributed by atoms with Crippen molar-refractivity contribution in [2.24, 2.45) is 0 Å². The molecule has 6 nitrogen and oxygen atoms in total. The highest BCUT2D eigenvalue weighted by molar-refractivity contribution is 5.98. The molecule has 0 saturated carbocycles. The molecule has 1 aromatic heterocycles. The Kier molecular flexibility index (Phi) is 6.70. The zero-order chi connectivity index (χ0) is 19.8. The summed E-state index contributed by atoms with van der Waals surface area (Å²) in [6.07, 6.45) is 6.32. The first-order valence-corrected chi connectivity index (χ1v) is 9.29. The second-order valence-corrected chi connectivity index (χ2v) is 6.58. The van der Waals surface area contributed by atoms with Crippen LogP contribution in [0.3, 0.4) is 0 Å². The summed E-state index contributed by atoms with van der Waals surface area (Å²) in [6.45, 7) is 3.02. The van der Waals surface area contributed by atoms with Gasteiger partial charge in [0.1, 0.15) is 6.04 Å². The van der Waals surface area contributed by atoms with Gasteiger partial charge in [-0.05, 0) is 37.6 Å². The van der Waals surface area contributed by atoms with E-state index in [1.807, 2.05) is 41.1 Å². The van der Waals surface area contributed by atoms with Gasteiger partial charge in [-0.1, -0.05) is 42.5 Å². The molecule has 3 rings (SSSR count). The van der Waals surface area contributed by atoms with Crippen LogP contribution in [-0.4, -0.2) is 27.8 Å². The Labute approximate surface area is 164 Å². The van der Waals surface area contributed by atoms with E-state index in [4.69, 9.17) is 0 Å². The largest absolute Gasteiger partial charge is 0.337 e. The lowest BCUT2D eigenvalue weighted by Gasteiger charge is -2.19. The molecule has 2 aromatic carbocycles. The third-order valence-corrected chi connectivity index (χ3v) is 4.43. The Balaban J connectivity index is 1.66. The molecule has 0 radical (unpaired) electrons. The molecule has 0 fully saturated rings. The van der Waals surface area contributed by atoms with Crippen molar-refractivity contribution in [1.82, 2.24) is 14.9 Å². The molecule has 0 aliphatic heterocycles. The Morgan fingerprint density at radius 2 is 1.93 bits per heavy atom. The second kappa shape index (κ2) is 9.62. The van der Waals surface area contributed by atoms with Crippen molar-refractivity contribution in [2.45, 2.75) is 25.9 Å². The summed E-state index contributed by atoms with van der Waals surface area (Å²) in [5.41, 5.74) is 2.08. The van der Waals surface area contributed by atoms with E-state index >= 15 is 0 Å². The molecular weight excluding hydrogens is 352 g/mol. The minimum absolute atomic E-state index is 0.0339. The molecule has 2 N–H and O–H groups in total. The van der Waals surface area contributed by atoms with Crippen LogP contribution in [0.1, 0.15) is 35.3 Å². The molecule has 3 aromatic rings. The molecule has 1 heterocycles. The molecule has 144 valence electrons. The number of Topliss-reactive ketones (excluding diaryl/α,β-unsaturated/α-hetero) is 1. The molecule has 0 spiro atoms. The standard InChI is InChI=1S/C22H24N4O2/c1-17(27)19-9-5-10-20(15-19)25-22(28)21(18-7-3-2-4-8-18)24-11-6-13-26-14-12-23-16-26/h2-5,7-10,12,14-16,21,24H,6,11,13H2,1H3,(H,25,28)/t21-/m1/s1. The normalized spacial score (nSPS) is 11.8. The van der Waals surface area contributed by atoms with E-state index in [-0.39, 0.29) is 11.7 Å².